The molecule has 5 nitrogen and oxygen atoms in total. The second-order valence-electron chi connectivity index (χ2n) is 6.75. The quantitative estimate of drug-likeness (QED) is 0.893. The van der Waals surface area contributed by atoms with E-state index < -0.39 is 0 Å². The summed E-state index contributed by atoms with van der Waals surface area (Å²) in [6.07, 6.45) is 1.60. The van der Waals surface area contributed by atoms with E-state index in [0.717, 1.165) is 24.5 Å². The van der Waals surface area contributed by atoms with Gasteiger partial charge in [-0.05, 0) is 35.7 Å². The molecule has 26 heavy (non-hydrogen) atoms. The molecule has 1 aliphatic rings. The van der Waals surface area contributed by atoms with Crippen molar-refractivity contribution in [2.75, 3.05) is 31.2 Å². The summed E-state index contributed by atoms with van der Waals surface area (Å²) in [6.45, 7) is 7.04. The van der Waals surface area contributed by atoms with Gasteiger partial charge in [0.05, 0.1) is 24.8 Å². The first kappa shape index (κ1) is 18.3. The molecule has 0 bridgehead atoms. The minimum atomic E-state index is -0.287. The van der Waals surface area contributed by atoms with Crippen molar-refractivity contribution in [1.82, 2.24) is 10.3 Å². The van der Waals surface area contributed by atoms with Crippen LogP contribution in [0.3, 0.4) is 0 Å². The molecular formula is C20H24FN3O2. The number of hydrogen-bond donors (Lipinski definition) is 1. The number of hydrogen-bond acceptors (Lipinski definition) is 4. The first-order valence-electron chi connectivity index (χ1n) is 8.89. The van der Waals surface area contributed by atoms with Crippen LogP contribution in [0.2, 0.25) is 0 Å². The summed E-state index contributed by atoms with van der Waals surface area (Å²) in [5.74, 6) is 0.549. The van der Waals surface area contributed by atoms with Crippen LogP contribution in [0, 0.1) is 11.7 Å². The lowest BCUT2D eigenvalue weighted by atomic mass is 9.95. The van der Waals surface area contributed by atoms with Gasteiger partial charge in [-0.1, -0.05) is 26.0 Å². The summed E-state index contributed by atoms with van der Waals surface area (Å²) >= 11 is 0. The Morgan fingerprint density at radius 1 is 1.15 bits per heavy atom. The highest BCUT2D eigenvalue weighted by atomic mass is 19.1. The summed E-state index contributed by atoms with van der Waals surface area (Å²) in [6, 6.07) is 9.70. The normalized spacial score (nSPS) is 15.8. The van der Waals surface area contributed by atoms with Crippen LogP contribution in [-0.4, -0.2) is 37.2 Å². The molecule has 2 heterocycles. The van der Waals surface area contributed by atoms with Gasteiger partial charge in [0.2, 0.25) is 0 Å². The predicted molar refractivity (Wildman–Crippen MR) is 98.7 cm³/mol. The van der Waals surface area contributed by atoms with Crippen molar-refractivity contribution in [3.63, 3.8) is 0 Å². The van der Waals surface area contributed by atoms with E-state index in [2.05, 4.69) is 15.2 Å². The number of benzene rings is 1. The Kier molecular flexibility index (Phi) is 5.83. The fourth-order valence-corrected chi connectivity index (χ4v) is 3.03. The molecule has 1 N–H and O–H groups in total. The van der Waals surface area contributed by atoms with Crippen molar-refractivity contribution in [2.24, 2.45) is 5.92 Å². The van der Waals surface area contributed by atoms with Gasteiger partial charge >= 0.3 is 0 Å². The van der Waals surface area contributed by atoms with Crippen molar-refractivity contribution < 1.29 is 13.9 Å². The summed E-state index contributed by atoms with van der Waals surface area (Å²) in [5.41, 5.74) is 1.39. The van der Waals surface area contributed by atoms with Crippen LogP contribution in [0.5, 0.6) is 0 Å². The zero-order valence-corrected chi connectivity index (χ0v) is 15.1. The topological polar surface area (TPSA) is 54.5 Å². The van der Waals surface area contributed by atoms with Crippen LogP contribution in [0.25, 0.3) is 0 Å². The van der Waals surface area contributed by atoms with E-state index in [1.807, 2.05) is 19.9 Å². The minimum absolute atomic E-state index is 0.171. The first-order chi connectivity index (χ1) is 12.5. The molecule has 2 aromatic rings. The highest BCUT2D eigenvalue weighted by molar-refractivity contribution is 5.94. The molecular weight excluding hydrogens is 333 g/mol. The van der Waals surface area contributed by atoms with Gasteiger partial charge in [0.25, 0.3) is 5.91 Å². The highest BCUT2D eigenvalue weighted by Crippen LogP contribution is 2.23. The molecule has 1 fully saturated rings. The Hall–Kier alpha value is -2.47. The average Bonchev–Trinajstić information content (AvgIpc) is 2.67. The fraction of sp³-hybridized carbons (Fsp3) is 0.400. The molecule has 1 aliphatic heterocycles. The maximum Gasteiger partial charge on any atom is 0.253 e. The highest BCUT2D eigenvalue weighted by Gasteiger charge is 2.20. The lowest BCUT2D eigenvalue weighted by Gasteiger charge is -2.27. The lowest BCUT2D eigenvalue weighted by Crippen LogP contribution is -2.37. The molecule has 138 valence electrons. The van der Waals surface area contributed by atoms with E-state index in [4.69, 9.17) is 4.74 Å². The van der Waals surface area contributed by atoms with Crippen LogP contribution < -0.4 is 10.2 Å². The Bertz CT molecular complexity index is 726. The largest absolute Gasteiger partial charge is 0.378 e. The Balaban J connectivity index is 1.70. The molecule has 6 heteroatoms. The molecule has 0 spiro atoms. The maximum atomic E-state index is 13.2. The van der Waals surface area contributed by atoms with Gasteiger partial charge in [0, 0.05) is 19.3 Å². The number of carbonyl (C=O) groups excluding carboxylic acids is 1. The second-order valence-corrected chi connectivity index (χ2v) is 6.75. The van der Waals surface area contributed by atoms with E-state index in [-0.39, 0.29) is 23.7 Å². The van der Waals surface area contributed by atoms with Crippen molar-refractivity contribution in [3.05, 3.63) is 59.5 Å². The summed E-state index contributed by atoms with van der Waals surface area (Å²) in [4.78, 5) is 19.2. The molecule has 0 aliphatic carbocycles. The minimum Gasteiger partial charge on any atom is -0.378 e. The predicted octanol–water partition coefficient (Wildman–Crippen LogP) is 3.18. The standard InChI is InChI=1S/C20H24FN3O2/c1-14(2)19(15-3-6-17(21)7-4-15)23-20(25)16-5-8-18(22-13-16)24-9-11-26-12-10-24/h3-8,13-14,19H,9-12H2,1-2H3,(H,23,25)/t19-/m1/s1. The third kappa shape index (κ3) is 4.38. The van der Waals surface area contributed by atoms with Crippen molar-refractivity contribution in [2.45, 2.75) is 19.9 Å². The van der Waals surface area contributed by atoms with Crippen LogP contribution in [0.15, 0.2) is 42.6 Å². The number of pyridine rings is 1. The SMILES string of the molecule is CC(C)[C@@H](NC(=O)c1ccc(N2CCOCC2)nc1)c1ccc(F)cc1. The molecule has 0 radical (unpaired) electrons. The van der Waals surface area contributed by atoms with Crippen LogP contribution >= 0.6 is 0 Å². The summed E-state index contributed by atoms with van der Waals surface area (Å²) in [5, 5.41) is 3.03. The van der Waals surface area contributed by atoms with Gasteiger partial charge in [-0.2, -0.15) is 0 Å². The van der Waals surface area contributed by atoms with E-state index in [1.54, 1.807) is 24.4 Å². The Morgan fingerprint density at radius 3 is 2.42 bits per heavy atom. The number of ether oxygens (including phenoxy) is 1. The third-order valence-corrected chi connectivity index (χ3v) is 4.53. The van der Waals surface area contributed by atoms with Gasteiger partial charge in [-0.3, -0.25) is 4.79 Å². The number of nitrogens with one attached hydrogen (secondary N) is 1. The van der Waals surface area contributed by atoms with Crippen LogP contribution in [-0.2, 0) is 4.74 Å². The molecule has 1 aromatic heterocycles. The van der Waals surface area contributed by atoms with Crippen LogP contribution in [0.1, 0.15) is 35.8 Å². The number of halogens is 1. The molecule has 0 saturated carbocycles. The third-order valence-electron chi connectivity index (χ3n) is 4.53. The van der Waals surface area contributed by atoms with Crippen molar-refractivity contribution in [3.8, 4) is 0 Å². The summed E-state index contributed by atoms with van der Waals surface area (Å²) < 4.78 is 18.5. The molecule has 3 rings (SSSR count). The zero-order valence-electron chi connectivity index (χ0n) is 15.1. The van der Waals surface area contributed by atoms with Gasteiger partial charge in [-0.25, -0.2) is 9.37 Å². The number of amides is 1. The molecule has 1 atom stereocenters. The number of carbonyl (C=O) groups is 1. The average molecular weight is 357 g/mol. The molecule has 1 amide bonds. The van der Waals surface area contributed by atoms with E-state index in [1.165, 1.54) is 12.1 Å². The number of anilines is 1. The number of morpholine rings is 1. The van der Waals surface area contributed by atoms with Crippen molar-refractivity contribution in [1.29, 1.82) is 0 Å². The van der Waals surface area contributed by atoms with Crippen LogP contribution in [0.4, 0.5) is 10.2 Å². The zero-order chi connectivity index (χ0) is 18.5. The van der Waals surface area contributed by atoms with E-state index >= 15 is 0 Å². The summed E-state index contributed by atoms with van der Waals surface area (Å²) in [7, 11) is 0. The molecule has 1 aromatic carbocycles. The first-order valence-corrected chi connectivity index (χ1v) is 8.89. The monoisotopic (exact) mass is 357 g/mol. The van der Waals surface area contributed by atoms with Gasteiger partial charge in [-0.15, -0.1) is 0 Å². The van der Waals surface area contributed by atoms with E-state index in [0.29, 0.717) is 18.8 Å². The van der Waals surface area contributed by atoms with Gasteiger partial charge < -0.3 is 15.0 Å². The smallest absolute Gasteiger partial charge is 0.253 e. The fourth-order valence-electron chi connectivity index (χ4n) is 3.03. The maximum absolute atomic E-state index is 13.2. The number of rotatable bonds is 5. The Morgan fingerprint density at radius 2 is 1.85 bits per heavy atom. The molecule has 1 saturated heterocycles. The van der Waals surface area contributed by atoms with Gasteiger partial charge in [0.15, 0.2) is 0 Å². The van der Waals surface area contributed by atoms with Gasteiger partial charge in [0.1, 0.15) is 11.6 Å². The number of aromatic nitrogens is 1. The Labute approximate surface area is 153 Å². The lowest BCUT2D eigenvalue weighted by molar-refractivity contribution is 0.0925. The van der Waals surface area contributed by atoms with Crippen molar-refractivity contribution >= 4 is 11.7 Å². The van der Waals surface area contributed by atoms with E-state index in [9.17, 15) is 9.18 Å². The molecule has 0 unspecified atom stereocenters. The number of nitrogens with zero attached hydrogens (tertiary/aromatic N) is 2. The second kappa shape index (κ2) is 8.27.